The fraction of sp³-hybridized carbons (Fsp3) is 0.571. The molecule has 16 heavy (non-hydrogen) atoms. The first-order valence-corrected chi connectivity index (χ1v) is 6.34. The molecule has 0 aromatic heterocycles. The van der Waals surface area contributed by atoms with Gasteiger partial charge in [-0.3, -0.25) is 0 Å². The van der Waals surface area contributed by atoms with Gasteiger partial charge in [-0.05, 0) is 48.9 Å². The van der Waals surface area contributed by atoms with Gasteiger partial charge in [0.25, 0.3) is 0 Å². The third-order valence-electron chi connectivity index (χ3n) is 3.99. The van der Waals surface area contributed by atoms with E-state index in [0.29, 0.717) is 12.5 Å². The maximum Gasteiger partial charge on any atom is 0.0476 e. The summed E-state index contributed by atoms with van der Waals surface area (Å²) >= 11 is 0. The predicted octanol–water partition coefficient (Wildman–Crippen LogP) is 1.99. The van der Waals surface area contributed by atoms with Gasteiger partial charge in [-0.15, -0.1) is 0 Å². The zero-order valence-corrected chi connectivity index (χ0v) is 9.65. The molecule has 3 rings (SSSR count). The molecule has 0 spiro atoms. The highest BCUT2D eigenvalue weighted by molar-refractivity contribution is 5.53. The lowest BCUT2D eigenvalue weighted by molar-refractivity contribution is 0.238. The summed E-state index contributed by atoms with van der Waals surface area (Å²) in [6.07, 6.45) is 4.96. The molecular formula is C14H19NO. The van der Waals surface area contributed by atoms with Crippen LogP contribution in [0, 0.1) is 5.92 Å². The summed E-state index contributed by atoms with van der Waals surface area (Å²) in [5, 5.41) is 9.16. The molecule has 2 heteroatoms. The molecule has 1 heterocycles. The molecule has 1 unspecified atom stereocenters. The minimum atomic E-state index is 0.335. The SMILES string of the molecule is OCC1CCN(c2ccc3c(c2)CCC3)C1. The van der Waals surface area contributed by atoms with Crippen LogP contribution in [0.1, 0.15) is 24.0 Å². The number of aliphatic hydroxyl groups excluding tert-OH is 1. The van der Waals surface area contributed by atoms with Crippen LogP contribution in [0.4, 0.5) is 5.69 Å². The quantitative estimate of drug-likeness (QED) is 0.819. The molecular weight excluding hydrogens is 198 g/mol. The van der Waals surface area contributed by atoms with Crippen molar-refractivity contribution >= 4 is 5.69 Å². The topological polar surface area (TPSA) is 23.5 Å². The summed E-state index contributed by atoms with van der Waals surface area (Å²) in [6.45, 7) is 2.46. The van der Waals surface area contributed by atoms with E-state index in [1.165, 1.54) is 24.9 Å². The molecule has 2 aliphatic rings. The van der Waals surface area contributed by atoms with Gasteiger partial charge in [0.15, 0.2) is 0 Å². The van der Waals surface area contributed by atoms with E-state index in [-0.39, 0.29) is 0 Å². The summed E-state index contributed by atoms with van der Waals surface area (Å²) in [5.74, 6) is 0.480. The summed E-state index contributed by atoms with van der Waals surface area (Å²) in [7, 11) is 0. The molecule has 1 aromatic carbocycles. The molecule has 1 saturated heterocycles. The molecule has 0 amide bonds. The number of anilines is 1. The van der Waals surface area contributed by atoms with Gasteiger partial charge in [-0.25, -0.2) is 0 Å². The first-order valence-electron chi connectivity index (χ1n) is 6.34. The Morgan fingerprint density at radius 3 is 2.94 bits per heavy atom. The van der Waals surface area contributed by atoms with Crippen LogP contribution >= 0.6 is 0 Å². The van der Waals surface area contributed by atoms with Gasteiger partial charge < -0.3 is 10.0 Å². The lowest BCUT2D eigenvalue weighted by Crippen LogP contribution is -2.20. The van der Waals surface area contributed by atoms with Crippen LogP contribution in [-0.2, 0) is 12.8 Å². The molecule has 1 N–H and O–H groups in total. The number of aliphatic hydroxyl groups is 1. The van der Waals surface area contributed by atoms with Crippen LogP contribution in [0.25, 0.3) is 0 Å². The lowest BCUT2D eigenvalue weighted by atomic mass is 10.1. The van der Waals surface area contributed by atoms with E-state index < -0.39 is 0 Å². The smallest absolute Gasteiger partial charge is 0.0476 e. The molecule has 0 saturated carbocycles. The van der Waals surface area contributed by atoms with E-state index >= 15 is 0 Å². The highest BCUT2D eigenvalue weighted by Gasteiger charge is 2.22. The summed E-state index contributed by atoms with van der Waals surface area (Å²) < 4.78 is 0. The Morgan fingerprint density at radius 2 is 2.12 bits per heavy atom. The van der Waals surface area contributed by atoms with Gasteiger partial charge in [-0.2, -0.15) is 0 Å². The zero-order valence-electron chi connectivity index (χ0n) is 9.65. The molecule has 0 bridgehead atoms. The first kappa shape index (κ1) is 10.2. The van der Waals surface area contributed by atoms with Crippen LogP contribution in [0.2, 0.25) is 0 Å². The second-order valence-corrected chi connectivity index (χ2v) is 5.09. The Labute approximate surface area is 96.9 Å². The van der Waals surface area contributed by atoms with Crippen molar-refractivity contribution in [3.63, 3.8) is 0 Å². The van der Waals surface area contributed by atoms with E-state index in [1.807, 2.05) is 0 Å². The van der Waals surface area contributed by atoms with Crippen molar-refractivity contribution in [2.24, 2.45) is 5.92 Å². The number of nitrogens with zero attached hydrogens (tertiary/aromatic N) is 1. The number of hydrogen-bond donors (Lipinski definition) is 1. The fourth-order valence-electron chi connectivity index (χ4n) is 2.97. The molecule has 2 nitrogen and oxygen atoms in total. The average molecular weight is 217 g/mol. The van der Waals surface area contributed by atoms with Crippen molar-refractivity contribution < 1.29 is 5.11 Å². The predicted molar refractivity (Wildman–Crippen MR) is 65.9 cm³/mol. The van der Waals surface area contributed by atoms with Gasteiger partial charge in [-0.1, -0.05) is 6.07 Å². The molecule has 0 radical (unpaired) electrons. The van der Waals surface area contributed by atoms with Crippen molar-refractivity contribution in [1.29, 1.82) is 0 Å². The summed E-state index contributed by atoms with van der Waals surface area (Å²) in [4.78, 5) is 2.42. The number of fused-ring (bicyclic) bond motifs is 1. The average Bonchev–Trinajstić information content (AvgIpc) is 2.96. The fourth-order valence-corrected chi connectivity index (χ4v) is 2.97. The van der Waals surface area contributed by atoms with E-state index in [9.17, 15) is 0 Å². The zero-order chi connectivity index (χ0) is 11.0. The largest absolute Gasteiger partial charge is 0.396 e. The van der Waals surface area contributed by atoms with Gasteiger partial charge in [0.05, 0.1) is 0 Å². The standard InChI is InChI=1S/C14H19NO/c16-10-11-6-7-15(9-11)14-5-4-12-2-1-3-13(12)8-14/h4-5,8,11,16H,1-3,6-7,9-10H2. The highest BCUT2D eigenvalue weighted by Crippen LogP contribution is 2.29. The van der Waals surface area contributed by atoms with Crippen molar-refractivity contribution in [2.45, 2.75) is 25.7 Å². The minimum Gasteiger partial charge on any atom is -0.396 e. The van der Waals surface area contributed by atoms with E-state index in [0.717, 1.165) is 19.5 Å². The van der Waals surface area contributed by atoms with Crippen molar-refractivity contribution in [3.05, 3.63) is 29.3 Å². The maximum absolute atomic E-state index is 9.16. The van der Waals surface area contributed by atoms with Crippen LogP contribution in [0.3, 0.4) is 0 Å². The second kappa shape index (κ2) is 4.10. The van der Waals surface area contributed by atoms with Crippen LogP contribution in [-0.4, -0.2) is 24.8 Å². The molecule has 1 aliphatic carbocycles. The summed E-state index contributed by atoms with van der Waals surface area (Å²) in [5.41, 5.74) is 4.45. The Balaban J connectivity index is 1.80. The van der Waals surface area contributed by atoms with Gasteiger partial charge in [0.2, 0.25) is 0 Å². The molecule has 1 aliphatic heterocycles. The second-order valence-electron chi connectivity index (χ2n) is 5.09. The molecule has 86 valence electrons. The lowest BCUT2D eigenvalue weighted by Gasteiger charge is -2.19. The molecule has 1 atom stereocenters. The highest BCUT2D eigenvalue weighted by atomic mass is 16.3. The minimum absolute atomic E-state index is 0.335. The number of hydrogen-bond acceptors (Lipinski definition) is 2. The van der Waals surface area contributed by atoms with Crippen molar-refractivity contribution in [1.82, 2.24) is 0 Å². The van der Waals surface area contributed by atoms with Gasteiger partial charge >= 0.3 is 0 Å². The monoisotopic (exact) mass is 217 g/mol. The van der Waals surface area contributed by atoms with Gasteiger partial charge in [0.1, 0.15) is 0 Å². The number of benzene rings is 1. The summed E-state index contributed by atoms with van der Waals surface area (Å²) in [6, 6.07) is 6.91. The Hall–Kier alpha value is -1.02. The van der Waals surface area contributed by atoms with Crippen LogP contribution in [0.5, 0.6) is 0 Å². The van der Waals surface area contributed by atoms with Gasteiger partial charge in [0, 0.05) is 31.3 Å². The Bertz CT molecular complexity index is 388. The Morgan fingerprint density at radius 1 is 1.25 bits per heavy atom. The number of rotatable bonds is 2. The van der Waals surface area contributed by atoms with Crippen molar-refractivity contribution in [3.8, 4) is 0 Å². The van der Waals surface area contributed by atoms with E-state index in [1.54, 1.807) is 11.1 Å². The normalized spacial score (nSPS) is 23.8. The third kappa shape index (κ3) is 1.71. The third-order valence-corrected chi connectivity index (χ3v) is 3.99. The van der Waals surface area contributed by atoms with Crippen LogP contribution < -0.4 is 4.90 Å². The van der Waals surface area contributed by atoms with E-state index in [2.05, 4.69) is 23.1 Å². The molecule has 1 fully saturated rings. The van der Waals surface area contributed by atoms with E-state index in [4.69, 9.17) is 5.11 Å². The Kier molecular flexibility index (Phi) is 2.60. The first-order chi connectivity index (χ1) is 7.86. The van der Waals surface area contributed by atoms with Crippen LogP contribution in [0.15, 0.2) is 18.2 Å². The number of aryl methyl sites for hydroxylation is 2. The van der Waals surface area contributed by atoms with Crippen molar-refractivity contribution in [2.75, 3.05) is 24.6 Å². The molecule has 1 aromatic rings. The maximum atomic E-state index is 9.16.